The van der Waals surface area contributed by atoms with Crippen molar-refractivity contribution >= 4 is 29.4 Å². The van der Waals surface area contributed by atoms with Gasteiger partial charge in [-0.1, -0.05) is 24.6 Å². The Morgan fingerprint density at radius 3 is 2.66 bits per heavy atom. The van der Waals surface area contributed by atoms with Crippen LogP contribution in [0.1, 0.15) is 30.5 Å². The third-order valence-electron chi connectivity index (χ3n) is 5.42. The van der Waals surface area contributed by atoms with Crippen molar-refractivity contribution in [1.82, 2.24) is 9.88 Å². The van der Waals surface area contributed by atoms with Crippen LogP contribution in [0.15, 0.2) is 36.5 Å². The van der Waals surface area contributed by atoms with Crippen LogP contribution in [0.2, 0.25) is 5.02 Å². The van der Waals surface area contributed by atoms with E-state index in [1.54, 1.807) is 13.0 Å². The molecular weight excluding hydrogens is 450 g/mol. The Kier molecular flexibility index (Phi) is 5.49. The first kappa shape index (κ1) is 21.9. The molecule has 3 heterocycles. The number of benzene rings is 1. The second-order valence-corrected chi connectivity index (χ2v) is 8.08. The number of aliphatic carboxylic acids is 1. The number of hydrogen-bond acceptors (Lipinski definition) is 6. The summed E-state index contributed by atoms with van der Waals surface area (Å²) in [6.07, 6.45) is -2.48. The lowest BCUT2D eigenvalue weighted by atomic mass is 9.82. The van der Waals surface area contributed by atoms with Gasteiger partial charge in [-0.05, 0) is 35.7 Å². The maximum Gasteiger partial charge on any atom is 0.586 e. The minimum absolute atomic E-state index is 0.0338. The molecule has 32 heavy (non-hydrogen) atoms. The van der Waals surface area contributed by atoms with Crippen LogP contribution in [0.3, 0.4) is 0 Å². The number of amides is 2. The van der Waals surface area contributed by atoms with E-state index in [0.29, 0.717) is 16.3 Å². The molecule has 0 spiro atoms. The van der Waals surface area contributed by atoms with Crippen LogP contribution in [0.25, 0.3) is 0 Å². The van der Waals surface area contributed by atoms with E-state index in [9.17, 15) is 28.3 Å². The number of halogens is 3. The average molecular weight is 467 g/mol. The minimum Gasteiger partial charge on any atom is -0.480 e. The smallest absolute Gasteiger partial charge is 0.480 e. The van der Waals surface area contributed by atoms with E-state index in [2.05, 4.69) is 14.5 Å². The van der Waals surface area contributed by atoms with Gasteiger partial charge in [0, 0.05) is 29.8 Å². The lowest BCUT2D eigenvalue weighted by Crippen LogP contribution is -2.66. The molecule has 2 aromatic rings. The van der Waals surface area contributed by atoms with Crippen molar-refractivity contribution in [3.05, 3.63) is 52.8 Å². The van der Waals surface area contributed by atoms with Gasteiger partial charge in [0.25, 0.3) is 0 Å². The Bertz CT molecular complexity index is 1110. The number of hydrogen-bond donors (Lipinski definition) is 1. The highest BCUT2D eigenvalue weighted by atomic mass is 35.5. The fraction of sp³-hybridized carbons (Fsp3) is 0.333. The molecule has 168 valence electrons. The molecule has 11 heteroatoms. The summed E-state index contributed by atoms with van der Waals surface area (Å²) in [5.74, 6) is -4.31. The van der Waals surface area contributed by atoms with Gasteiger partial charge in [0.2, 0.25) is 11.8 Å². The quantitative estimate of drug-likeness (QED) is 0.651. The van der Waals surface area contributed by atoms with Crippen LogP contribution in [0, 0.1) is 5.92 Å². The summed E-state index contributed by atoms with van der Waals surface area (Å²) in [7, 11) is 0. The number of likely N-dealkylation sites (tertiary alicyclic amines) is 1. The molecule has 2 aliphatic rings. The first-order chi connectivity index (χ1) is 15.1. The van der Waals surface area contributed by atoms with Gasteiger partial charge >= 0.3 is 12.3 Å². The zero-order valence-corrected chi connectivity index (χ0v) is 17.4. The van der Waals surface area contributed by atoms with Crippen molar-refractivity contribution in [2.45, 2.75) is 38.0 Å². The Hall–Kier alpha value is -3.27. The Morgan fingerprint density at radius 2 is 1.97 bits per heavy atom. The SMILES string of the molecule is C[C@@H](CC(=O)N1C(=O)[C@H](Cc2cc(Cl)ccn2)[C@H]1C(=O)O)c1ccc2c(c1)OC(F)(F)O2. The molecular formula is C21H17ClF2N2O6. The zero-order valence-electron chi connectivity index (χ0n) is 16.6. The number of rotatable bonds is 6. The number of nitrogens with zero attached hydrogens (tertiary/aromatic N) is 2. The summed E-state index contributed by atoms with van der Waals surface area (Å²) < 4.78 is 35.2. The van der Waals surface area contributed by atoms with E-state index in [1.807, 2.05) is 0 Å². The number of fused-ring (bicyclic) bond motifs is 1. The van der Waals surface area contributed by atoms with Crippen molar-refractivity contribution in [2.75, 3.05) is 0 Å². The van der Waals surface area contributed by atoms with Gasteiger partial charge in [0.15, 0.2) is 11.5 Å². The van der Waals surface area contributed by atoms with Gasteiger partial charge in [0.1, 0.15) is 6.04 Å². The number of β-lactam (4-membered cyclic amide) rings is 1. The summed E-state index contributed by atoms with van der Waals surface area (Å²) in [5.41, 5.74) is 0.942. The topological polar surface area (TPSA) is 106 Å². The molecule has 1 aromatic heterocycles. The standard InChI is InChI=1S/C21H17ClF2N2O6/c1-10(11-2-3-15-16(7-11)32-21(23,24)31-15)6-17(27)26-18(20(29)30)14(19(26)28)9-13-8-12(22)4-5-25-13/h2-5,7-8,10,14,18H,6,9H2,1H3,(H,29,30)/t10-,14+,18-/m0/s1. The van der Waals surface area contributed by atoms with Gasteiger partial charge in [-0.15, -0.1) is 8.78 Å². The summed E-state index contributed by atoms with van der Waals surface area (Å²) in [6.45, 7) is 1.65. The maximum atomic E-state index is 13.2. The molecule has 0 bridgehead atoms. The molecule has 1 aromatic carbocycles. The molecule has 1 fully saturated rings. The largest absolute Gasteiger partial charge is 0.586 e. The third-order valence-corrected chi connectivity index (χ3v) is 5.65. The number of imide groups is 1. The zero-order chi connectivity index (χ0) is 23.2. The van der Waals surface area contributed by atoms with E-state index >= 15 is 0 Å². The number of ether oxygens (including phenoxy) is 2. The molecule has 1 N–H and O–H groups in total. The molecule has 0 saturated carbocycles. The Balaban J connectivity index is 1.45. The second-order valence-electron chi connectivity index (χ2n) is 7.64. The first-order valence-corrected chi connectivity index (χ1v) is 10.0. The third kappa shape index (κ3) is 4.10. The molecule has 2 amide bonds. The molecule has 0 aliphatic carbocycles. The normalized spacial score (nSPS) is 21.8. The van der Waals surface area contributed by atoms with E-state index in [0.717, 1.165) is 4.90 Å². The highest BCUT2D eigenvalue weighted by Crippen LogP contribution is 2.42. The van der Waals surface area contributed by atoms with Crippen LogP contribution in [-0.2, 0) is 20.8 Å². The predicted octanol–water partition coefficient (Wildman–Crippen LogP) is 3.23. The molecule has 1 saturated heterocycles. The summed E-state index contributed by atoms with van der Waals surface area (Å²) in [6, 6.07) is 5.89. The molecule has 0 radical (unpaired) electrons. The van der Waals surface area contributed by atoms with Crippen molar-refractivity contribution in [3.63, 3.8) is 0 Å². The van der Waals surface area contributed by atoms with Crippen LogP contribution >= 0.6 is 11.6 Å². The molecule has 0 unspecified atom stereocenters. The van der Waals surface area contributed by atoms with Gasteiger partial charge in [-0.25, -0.2) is 4.79 Å². The van der Waals surface area contributed by atoms with Gasteiger partial charge in [-0.2, -0.15) is 0 Å². The molecule has 4 rings (SSSR count). The van der Waals surface area contributed by atoms with Gasteiger partial charge < -0.3 is 14.6 Å². The minimum atomic E-state index is -3.76. The summed E-state index contributed by atoms with van der Waals surface area (Å²) >= 11 is 5.91. The first-order valence-electron chi connectivity index (χ1n) is 9.64. The van der Waals surface area contributed by atoms with Crippen molar-refractivity contribution in [2.24, 2.45) is 5.92 Å². The van der Waals surface area contributed by atoms with E-state index in [1.165, 1.54) is 30.5 Å². The average Bonchev–Trinajstić information content (AvgIpc) is 3.02. The lowest BCUT2D eigenvalue weighted by molar-refractivity contribution is -0.286. The second kappa shape index (κ2) is 8.01. The van der Waals surface area contributed by atoms with Gasteiger partial charge in [0.05, 0.1) is 5.92 Å². The number of carbonyl (C=O) groups excluding carboxylic acids is 2. The number of carboxylic acids is 1. The summed E-state index contributed by atoms with van der Waals surface area (Å²) in [4.78, 5) is 41.9. The van der Waals surface area contributed by atoms with E-state index in [4.69, 9.17) is 11.6 Å². The van der Waals surface area contributed by atoms with Gasteiger partial charge in [-0.3, -0.25) is 19.5 Å². The highest BCUT2D eigenvalue weighted by Gasteiger charge is 2.54. The fourth-order valence-corrected chi connectivity index (χ4v) is 4.03. The monoisotopic (exact) mass is 466 g/mol. The van der Waals surface area contributed by atoms with Crippen molar-refractivity contribution in [3.8, 4) is 11.5 Å². The highest BCUT2D eigenvalue weighted by molar-refractivity contribution is 6.30. The predicted molar refractivity (Wildman–Crippen MR) is 105 cm³/mol. The fourth-order valence-electron chi connectivity index (χ4n) is 3.84. The summed E-state index contributed by atoms with van der Waals surface area (Å²) in [5, 5.41) is 9.99. The number of pyridine rings is 1. The maximum absolute atomic E-state index is 13.2. The molecule has 2 aliphatic heterocycles. The number of carboxylic acid groups (broad SMARTS) is 1. The van der Waals surface area contributed by atoms with E-state index < -0.39 is 42.0 Å². The van der Waals surface area contributed by atoms with Crippen LogP contribution in [-0.4, -0.2) is 45.1 Å². The lowest BCUT2D eigenvalue weighted by Gasteiger charge is -2.43. The van der Waals surface area contributed by atoms with E-state index in [-0.39, 0.29) is 24.3 Å². The Morgan fingerprint density at radius 1 is 1.25 bits per heavy atom. The van der Waals surface area contributed by atoms with Crippen LogP contribution in [0.4, 0.5) is 8.78 Å². The number of aromatic nitrogens is 1. The number of carbonyl (C=O) groups is 3. The Labute approximate surface area is 185 Å². The molecule has 8 nitrogen and oxygen atoms in total. The number of alkyl halides is 2. The molecule has 3 atom stereocenters. The van der Waals surface area contributed by atoms with Crippen LogP contribution < -0.4 is 9.47 Å². The van der Waals surface area contributed by atoms with Crippen LogP contribution in [0.5, 0.6) is 11.5 Å². The van der Waals surface area contributed by atoms with Crippen molar-refractivity contribution < 1.29 is 37.7 Å². The van der Waals surface area contributed by atoms with Crippen molar-refractivity contribution in [1.29, 1.82) is 0 Å².